The van der Waals surface area contributed by atoms with Crippen molar-refractivity contribution in [3.63, 3.8) is 0 Å². The van der Waals surface area contributed by atoms with Gasteiger partial charge >= 0.3 is 0 Å². The molecule has 2 aromatic carbocycles. The molecule has 0 aromatic heterocycles. The average molecular weight is 394 g/mol. The van der Waals surface area contributed by atoms with E-state index in [0.29, 0.717) is 23.0 Å². The zero-order chi connectivity index (χ0) is 20.0. The van der Waals surface area contributed by atoms with E-state index in [0.717, 1.165) is 9.80 Å². The summed E-state index contributed by atoms with van der Waals surface area (Å²) in [6.45, 7) is 1.30. The van der Waals surface area contributed by atoms with Gasteiger partial charge in [-0.05, 0) is 41.6 Å². The maximum absolute atomic E-state index is 12.8. The van der Waals surface area contributed by atoms with E-state index in [9.17, 15) is 24.3 Å². The number of hydrogen-bond donors (Lipinski definition) is 1. The topological polar surface area (TPSA) is 95.0 Å². The fourth-order valence-electron chi connectivity index (χ4n) is 3.32. The molecule has 2 aromatic rings. The number of rotatable bonds is 2. The number of amides is 4. The minimum atomic E-state index is -0.830. The van der Waals surface area contributed by atoms with Crippen LogP contribution in [0.1, 0.15) is 18.4 Å². The maximum atomic E-state index is 12.8. The molecule has 8 heteroatoms. The Balaban J connectivity index is 1.72. The lowest BCUT2D eigenvalue weighted by atomic mass is 10.00. The molecule has 1 fully saturated rings. The molecule has 2 aliphatic heterocycles. The largest absolute Gasteiger partial charge is 0.508 e. The van der Waals surface area contributed by atoms with E-state index in [2.05, 4.69) is 0 Å². The molecule has 0 spiro atoms. The number of phenols is 1. The minimum Gasteiger partial charge on any atom is -0.508 e. The van der Waals surface area contributed by atoms with Crippen molar-refractivity contribution in [2.45, 2.75) is 12.8 Å². The molecular formula is C20H14N2O5S. The summed E-state index contributed by atoms with van der Waals surface area (Å²) in [5.41, 5.74) is 1.33. The van der Waals surface area contributed by atoms with Gasteiger partial charge in [-0.1, -0.05) is 24.3 Å². The molecule has 4 rings (SSSR count). The number of thioether (sulfide) groups is 1. The van der Waals surface area contributed by atoms with E-state index in [1.165, 1.54) is 37.3 Å². The number of hydrogen-bond acceptors (Lipinski definition) is 6. The van der Waals surface area contributed by atoms with Crippen molar-refractivity contribution in [3.8, 4) is 5.75 Å². The lowest BCUT2D eigenvalue weighted by molar-refractivity contribution is -0.125. The Kier molecular flexibility index (Phi) is 4.27. The fourth-order valence-corrected chi connectivity index (χ4v) is 4.17. The van der Waals surface area contributed by atoms with Crippen LogP contribution in [0.25, 0.3) is 0 Å². The van der Waals surface area contributed by atoms with Gasteiger partial charge in [-0.15, -0.1) is 0 Å². The van der Waals surface area contributed by atoms with Crippen LogP contribution in [0.5, 0.6) is 5.75 Å². The Morgan fingerprint density at radius 3 is 2.57 bits per heavy atom. The second-order valence-electron chi connectivity index (χ2n) is 6.29. The van der Waals surface area contributed by atoms with Crippen LogP contribution in [-0.2, 0) is 14.4 Å². The molecule has 0 unspecified atom stereocenters. The number of fused-ring (bicyclic) bond motifs is 1. The highest BCUT2D eigenvalue weighted by Gasteiger charge is 2.42. The number of anilines is 2. The monoisotopic (exact) mass is 394 g/mol. The Hall–Kier alpha value is -3.39. The quantitative estimate of drug-likeness (QED) is 0.787. The van der Waals surface area contributed by atoms with Gasteiger partial charge in [-0.2, -0.15) is 0 Å². The van der Waals surface area contributed by atoms with Crippen LogP contribution in [0.4, 0.5) is 16.2 Å². The fraction of sp³-hybridized carbons (Fsp3) is 0.100. The molecule has 2 aliphatic rings. The molecule has 140 valence electrons. The van der Waals surface area contributed by atoms with Crippen LogP contribution in [0.3, 0.4) is 0 Å². The summed E-state index contributed by atoms with van der Waals surface area (Å²) in [7, 11) is 0. The van der Waals surface area contributed by atoms with Crippen molar-refractivity contribution >= 4 is 46.1 Å². The summed E-state index contributed by atoms with van der Waals surface area (Å²) in [4.78, 5) is 52.0. The van der Waals surface area contributed by atoms with E-state index in [1.54, 1.807) is 24.3 Å². The Morgan fingerprint density at radius 1 is 1.11 bits per heavy atom. The molecule has 7 nitrogen and oxygen atoms in total. The standard InChI is InChI=1S/C20H14N2O5S/c1-11(23)21-16-8-3-2-7-14(16)15(18(21)25)10-17-19(26)22(20(27)28-17)12-5-4-6-13(24)9-12/h2-10,15,24H,1H3/b17-10-/t15-/m0/s1. The summed E-state index contributed by atoms with van der Waals surface area (Å²) in [6, 6.07) is 12.7. The minimum absolute atomic E-state index is 0.0717. The van der Waals surface area contributed by atoms with E-state index in [1.807, 2.05) is 0 Å². The number of carbonyl (C=O) groups excluding carboxylic acids is 4. The molecule has 0 radical (unpaired) electrons. The van der Waals surface area contributed by atoms with E-state index < -0.39 is 28.9 Å². The first-order valence-corrected chi connectivity index (χ1v) is 9.20. The molecule has 0 saturated carbocycles. The molecule has 28 heavy (non-hydrogen) atoms. The molecule has 1 N–H and O–H groups in total. The molecule has 1 atom stereocenters. The second-order valence-corrected chi connectivity index (χ2v) is 7.28. The smallest absolute Gasteiger partial charge is 0.298 e. The number of benzene rings is 2. The SMILES string of the molecule is CC(=O)N1C(=O)[C@@H](/C=C2\SC(=O)N(c3cccc(O)c3)C2=O)c2ccccc21. The van der Waals surface area contributed by atoms with Crippen LogP contribution in [0, 0.1) is 0 Å². The van der Waals surface area contributed by atoms with Gasteiger partial charge in [0.05, 0.1) is 22.2 Å². The average Bonchev–Trinajstić information content (AvgIpc) is 3.09. The first-order valence-electron chi connectivity index (χ1n) is 8.39. The number of nitrogens with zero attached hydrogens (tertiary/aromatic N) is 2. The molecule has 1 saturated heterocycles. The second kappa shape index (κ2) is 6.65. The zero-order valence-corrected chi connectivity index (χ0v) is 15.5. The zero-order valence-electron chi connectivity index (χ0n) is 14.7. The highest BCUT2D eigenvalue weighted by molar-refractivity contribution is 8.18. The van der Waals surface area contributed by atoms with Crippen molar-refractivity contribution in [2.75, 3.05) is 9.80 Å². The van der Waals surface area contributed by atoms with Crippen molar-refractivity contribution in [1.29, 1.82) is 0 Å². The first-order chi connectivity index (χ1) is 13.4. The van der Waals surface area contributed by atoms with Crippen molar-refractivity contribution in [2.24, 2.45) is 0 Å². The summed E-state index contributed by atoms with van der Waals surface area (Å²) in [5, 5.41) is 9.09. The van der Waals surface area contributed by atoms with E-state index >= 15 is 0 Å². The van der Waals surface area contributed by atoms with Crippen LogP contribution >= 0.6 is 11.8 Å². The molecule has 4 amide bonds. The van der Waals surface area contributed by atoms with Gasteiger partial charge in [0.1, 0.15) is 5.75 Å². The summed E-state index contributed by atoms with van der Waals surface area (Å²) < 4.78 is 0. The molecule has 0 aliphatic carbocycles. The van der Waals surface area contributed by atoms with Gasteiger partial charge in [0, 0.05) is 13.0 Å². The van der Waals surface area contributed by atoms with Gasteiger partial charge < -0.3 is 5.11 Å². The Morgan fingerprint density at radius 2 is 1.86 bits per heavy atom. The highest BCUT2D eigenvalue weighted by Crippen LogP contribution is 2.42. The lowest BCUT2D eigenvalue weighted by Gasteiger charge is -2.13. The number of carbonyl (C=O) groups is 4. The predicted molar refractivity (Wildman–Crippen MR) is 104 cm³/mol. The molecular weight excluding hydrogens is 380 g/mol. The number of para-hydroxylation sites is 1. The van der Waals surface area contributed by atoms with E-state index in [-0.39, 0.29) is 16.3 Å². The molecule has 2 heterocycles. The van der Waals surface area contributed by atoms with E-state index in [4.69, 9.17) is 0 Å². The summed E-state index contributed by atoms with van der Waals surface area (Å²) in [5.74, 6) is -2.35. The van der Waals surface area contributed by atoms with Crippen LogP contribution in [-0.4, -0.2) is 28.1 Å². The van der Waals surface area contributed by atoms with Crippen LogP contribution < -0.4 is 9.80 Å². The lowest BCUT2D eigenvalue weighted by Crippen LogP contribution is -2.33. The Bertz CT molecular complexity index is 1080. The highest BCUT2D eigenvalue weighted by atomic mass is 32.2. The van der Waals surface area contributed by atoms with Crippen molar-refractivity contribution in [1.82, 2.24) is 0 Å². The third-order valence-corrected chi connectivity index (χ3v) is 5.40. The summed E-state index contributed by atoms with van der Waals surface area (Å²) >= 11 is 0.717. The van der Waals surface area contributed by atoms with Crippen LogP contribution in [0.15, 0.2) is 59.5 Å². The van der Waals surface area contributed by atoms with Crippen molar-refractivity contribution < 1.29 is 24.3 Å². The van der Waals surface area contributed by atoms with Gasteiger partial charge in [0.25, 0.3) is 11.1 Å². The maximum Gasteiger partial charge on any atom is 0.298 e. The van der Waals surface area contributed by atoms with Gasteiger partial charge in [0.2, 0.25) is 11.8 Å². The summed E-state index contributed by atoms with van der Waals surface area (Å²) in [6.07, 6.45) is 1.43. The number of phenolic OH excluding ortho intramolecular Hbond substituents is 1. The normalized spacial score (nSPS) is 20.2. The van der Waals surface area contributed by atoms with Crippen LogP contribution in [0.2, 0.25) is 0 Å². The number of imide groups is 2. The Labute approximate surface area is 164 Å². The van der Waals surface area contributed by atoms with Gasteiger partial charge in [-0.3, -0.25) is 19.2 Å². The van der Waals surface area contributed by atoms with Gasteiger partial charge in [-0.25, -0.2) is 9.80 Å². The van der Waals surface area contributed by atoms with Crippen molar-refractivity contribution in [3.05, 3.63) is 65.1 Å². The molecule has 0 bridgehead atoms. The predicted octanol–water partition coefficient (Wildman–Crippen LogP) is 3.15. The number of aromatic hydroxyl groups is 1. The first kappa shape index (κ1) is 18.0. The van der Waals surface area contributed by atoms with Gasteiger partial charge in [0.15, 0.2) is 0 Å². The third kappa shape index (κ3) is 2.78. The third-order valence-electron chi connectivity index (χ3n) is 4.51.